The molecule has 0 radical (unpaired) electrons. The molecule has 3 atom stereocenters. The van der Waals surface area contributed by atoms with Crippen molar-refractivity contribution in [1.82, 2.24) is 20.9 Å². The Morgan fingerprint density at radius 3 is 2.51 bits per heavy atom. The number of carbonyl (C=O) groups is 3. The van der Waals surface area contributed by atoms with Crippen molar-refractivity contribution >= 4 is 17.7 Å². The molecule has 2 aromatic rings. The lowest BCUT2D eigenvalue weighted by atomic mass is 9.81. The lowest BCUT2D eigenvalue weighted by molar-refractivity contribution is -0.144. The largest absolute Gasteiger partial charge is 0.497 e. The minimum atomic E-state index is -1.04. The van der Waals surface area contributed by atoms with Crippen molar-refractivity contribution in [2.75, 3.05) is 40.5 Å². The molecule has 2 aromatic carbocycles. The molecule has 0 spiro atoms. The molecule has 3 N–H and O–H groups in total. The highest BCUT2D eigenvalue weighted by Crippen LogP contribution is 2.34. The molecular weight excluding hydrogens is 520 g/mol. The van der Waals surface area contributed by atoms with E-state index in [-0.39, 0.29) is 30.2 Å². The van der Waals surface area contributed by atoms with Crippen LogP contribution >= 0.6 is 0 Å². The van der Waals surface area contributed by atoms with Gasteiger partial charge >= 0.3 is 0 Å². The van der Waals surface area contributed by atoms with Crippen molar-refractivity contribution in [2.24, 2.45) is 5.92 Å². The van der Waals surface area contributed by atoms with Crippen LogP contribution < -0.4 is 20.7 Å². The lowest BCUT2D eigenvalue weighted by Gasteiger charge is -2.36. The maximum atomic E-state index is 14.0. The van der Waals surface area contributed by atoms with E-state index in [1.54, 1.807) is 12.0 Å². The van der Waals surface area contributed by atoms with Crippen LogP contribution in [0.2, 0.25) is 0 Å². The normalized spacial score (nSPS) is 18.1. The summed E-state index contributed by atoms with van der Waals surface area (Å²) in [6, 6.07) is 17.3. The molecule has 3 rings (SSSR count). The molecular formula is C32H46N4O5. The van der Waals surface area contributed by atoms with Gasteiger partial charge in [0.15, 0.2) is 0 Å². The zero-order valence-corrected chi connectivity index (χ0v) is 24.9. The fourth-order valence-electron chi connectivity index (χ4n) is 5.45. The fraction of sp³-hybridized carbons (Fsp3) is 0.531. The minimum absolute atomic E-state index is 0.0886. The van der Waals surface area contributed by atoms with Crippen molar-refractivity contribution in [3.05, 3.63) is 65.7 Å². The third kappa shape index (κ3) is 8.78. The van der Waals surface area contributed by atoms with Gasteiger partial charge in [-0.3, -0.25) is 14.4 Å². The SMILES string of the molecule is CC[C@H](C)[C@@]1(NC(=O)COC)CCN([C@@H](CCc2ccccc2)C(=O)NCCCNCc2cccc(OC)c2)C1=O. The smallest absolute Gasteiger partial charge is 0.249 e. The molecule has 1 aliphatic rings. The van der Waals surface area contributed by atoms with Crippen molar-refractivity contribution in [3.8, 4) is 5.75 Å². The van der Waals surface area contributed by atoms with Gasteiger partial charge in [-0.05, 0) is 61.4 Å². The highest BCUT2D eigenvalue weighted by atomic mass is 16.5. The Kier molecular flexibility index (Phi) is 12.6. The van der Waals surface area contributed by atoms with Crippen molar-refractivity contribution in [3.63, 3.8) is 0 Å². The van der Waals surface area contributed by atoms with Crippen molar-refractivity contribution in [1.29, 1.82) is 0 Å². The van der Waals surface area contributed by atoms with E-state index in [4.69, 9.17) is 9.47 Å². The van der Waals surface area contributed by atoms with E-state index in [9.17, 15) is 14.4 Å². The van der Waals surface area contributed by atoms with E-state index in [1.165, 1.54) is 7.11 Å². The van der Waals surface area contributed by atoms with Gasteiger partial charge in [-0.1, -0.05) is 62.7 Å². The number of aryl methyl sites for hydroxylation is 1. The first-order chi connectivity index (χ1) is 19.8. The van der Waals surface area contributed by atoms with Crippen LogP contribution in [0.25, 0.3) is 0 Å². The number of nitrogens with one attached hydrogen (secondary N) is 3. The van der Waals surface area contributed by atoms with Gasteiger partial charge in [0.05, 0.1) is 7.11 Å². The van der Waals surface area contributed by atoms with Gasteiger partial charge in [0, 0.05) is 26.7 Å². The summed E-state index contributed by atoms with van der Waals surface area (Å²) in [7, 11) is 3.11. The number of hydrogen-bond acceptors (Lipinski definition) is 6. The average molecular weight is 567 g/mol. The van der Waals surface area contributed by atoms with Gasteiger partial charge in [-0.2, -0.15) is 0 Å². The zero-order valence-electron chi connectivity index (χ0n) is 24.9. The summed E-state index contributed by atoms with van der Waals surface area (Å²) in [6.45, 7) is 6.21. The van der Waals surface area contributed by atoms with Crippen LogP contribution in [0.3, 0.4) is 0 Å². The molecule has 0 aliphatic carbocycles. The van der Waals surface area contributed by atoms with E-state index in [0.717, 1.165) is 36.3 Å². The Morgan fingerprint density at radius 2 is 1.80 bits per heavy atom. The van der Waals surface area contributed by atoms with Gasteiger partial charge < -0.3 is 30.3 Å². The summed E-state index contributed by atoms with van der Waals surface area (Å²) in [5.41, 5.74) is 1.20. The molecule has 1 aliphatic heterocycles. The molecule has 1 saturated heterocycles. The molecule has 41 heavy (non-hydrogen) atoms. The predicted octanol–water partition coefficient (Wildman–Crippen LogP) is 3.07. The molecule has 0 aromatic heterocycles. The summed E-state index contributed by atoms with van der Waals surface area (Å²) in [5.74, 6) is 0.0592. The minimum Gasteiger partial charge on any atom is -0.497 e. The van der Waals surface area contributed by atoms with Crippen LogP contribution in [0.4, 0.5) is 0 Å². The second-order valence-electron chi connectivity index (χ2n) is 10.7. The quantitative estimate of drug-likeness (QED) is 0.254. The monoisotopic (exact) mass is 566 g/mol. The number of benzene rings is 2. The number of rotatable bonds is 17. The first-order valence-corrected chi connectivity index (χ1v) is 14.6. The topological polar surface area (TPSA) is 109 Å². The van der Waals surface area contributed by atoms with Crippen LogP contribution in [0.15, 0.2) is 54.6 Å². The van der Waals surface area contributed by atoms with Gasteiger partial charge in [0.2, 0.25) is 17.7 Å². The second-order valence-corrected chi connectivity index (χ2v) is 10.7. The van der Waals surface area contributed by atoms with Crippen LogP contribution in [0, 0.1) is 5.92 Å². The third-order valence-electron chi connectivity index (χ3n) is 8.00. The maximum Gasteiger partial charge on any atom is 0.249 e. The number of nitrogens with zero attached hydrogens (tertiary/aromatic N) is 1. The molecule has 0 unspecified atom stereocenters. The van der Waals surface area contributed by atoms with Gasteiger partial charge in [0.25, 0.3) is 0 Å². The molecule has 224 valence electrons. The summed E-state index contributed by atoms with van der Waals surface area (Å²) in [6.07, 6.45) is 3.09. The molecule has 0 bridgehead atoms. The summed E-state index contributed by atoms with van der Waals surface area (Å²) in [4.78, 5) is 41.8. The molecule has 9 heteroatoms. The van der Waals surface area contributed by atoms with Crippen LogP contribution in [-0.4, -0.2) is 74.7 Å². The summed E-state index contributed by atoms with van der Waals surface area (Å²) in [5, 5.41) is 9.44. The average Bonchev–Trinajstić information content (AvgIpc) is 3.31. The predicted molar refractivity (Wildman–Crippen MR) is 159 cm³/mol. The second kappa shape index (κ2) is 16.1. The number of hydrogen-bond donors (Lipinski definition) is 3. The van der Waals surface area contributed by atoms with E-state index in [1.807, 2.05) is 68.4 Å². The van der Waals surface area contributed by atoms with E-state index in [2.05, 4.69) is 16.0 Å². The Balaban J connectivity index is 1.64. The summed E-state index contributed by atoms with van der Waals surface area (Å²) >= 11 is 0. The number of carbonyl (C=O) groups excluding carboxylic acids is 3. The Hall–Kier alpha value is -3.43. The Labute approximate surface area is 244 Å². The lowest BCUT2D eigenvalue weighted by Crippen LogP contribution is -2.60. The number of ether oxygens (including phenoxy) is 2. The van der Waals surface area contributed by atoms with Crippen LogP contribution in [0.5, 0.6) is 5.75 Å². The molecule has 9 nitrogen and oxygen atoms in total. The maximum absolute atomic E-state index is 14.0. The van der Waals surface area contributed by atoms with E-state index >= 15 is 0 Å². The van der Waals surface area contributed by atoms with Crippen molar-refractivity contribution in [2.45, 2.75) is 64.1 Å². The first-order valence-electron chi connectivity index (χ1n) is 14.6. The third-order valence-corrected chi connectivity index (χ3v) is 8.00. The highest BCUT2D eigenvalue weighted by Gasteiger charge is 2.53. The van der Waals surface area contributed by atoms with Gasteiger partial charge in [-0.15, -0.1) is 0 Å². The number of likely N-dealkylation sites (tertiary alicyclic amines) is 1. The molecule has 1 heterocycles. The molecule has 0 saturated carbocycles. The standard InChI is InChI=1S/C32H46N4O5/c1-5-24(2)32(35-29(37)23-40-3)17-20-36(31(32)39)28(16-15-25-11-7-6-8-12-25)30(38)34-19-10-18-33-22-26-13-9-14-27(21-26)41-4/h6-9,11-14,21,24,28,33H,5,10,15-20,22-23H2,1-4H3,(H,34,38)(H,35,37)/t24-,28-,32-/m0/s1. The van der Waals surface area contributed by atoms with Crippen molar-refractivity contribution < 1.29 is 23.9 Å². The summed E-state index contributed by atoms with van der Waals surface area (Å²) < 4.78 is 10.3. The van der Waals surface area contributed by atoms with E-state index in [0.29, 0.717) is 38.9 Å². The number of methoxy groups -OCH3 is 2. The highest BCUT2D eigenvalue weighted by molar-refractivity contribution is 5.97. The van der Waals surface area contributed by atoms with Crippen LogP contribution in [-0.2, 0) is 32.1 Å². The Morgan fingerprint density at radius 1 is 1.05 bits per heavy atom. The fourth-order valence-corrected chi connectivity index (χ4v) is 5.45. The molecule has 1 fully saturated rings. The number of amides is 3. The van der Waals surface area contributed by atoms with Gasteiger partial charge in [0.1, 0.15) is 23.9 Å². The van der Waals surface area contributed by atoms with Gasteiger partial charge in [-0.25, -0.2) is 0 Å². The zero-order chi connectivity index (χ0) is 29.7. The van der Waals surface area contributed by atoms with E-state index < -0.39 is 11.6 Å². The van der Waals surface area contributed by atoms with Crippen LogP contribution in [0.1, 0.15) is 50.7 Å². The molecule has 3 amide bonds. The Bertz CT molecular complexity index is 1130. The first kappa shape index (κ1) is 32.1.